The van der Waals surface area contributed by atoms with E-state index in [-0.39, 0.29) is 36.4 Å². The molecular weight excluding hydrogens is 342 g/mol. The number of benzene rings is 1. The number of carbonyl (C=O) groups is 3. The minimum Gasteiger partial charge on any atom is -0.464 e. The lowest BCUT2D eigenvalue weighted by molar-refractivity contribution is -0.152. The molecule has 0 saturated heterocycles. The van der Waals surface area contributed by atoms with Crippen molar-refractivity contribution in [2.75, 3.05) is 13.2 Å². The molecule has 0 unspecified atom stereocenters. The highest BCUT2D eigenvalue weighted by molar-refractivity contribution is 6.21. The van der Waals surface area contributed by atoms with Gasteiger partial charge in [0, 0.05) is 0 Å². The molecule has 142 valence electrons. The molecule has 4 aliphatic carbocycles. The minimum atomic E-state index is -0.298. The predicted molar refractivity (Wildman–Crippen MR) is 98.0 cm³/mol. The summed E-state index contributed by atoms with van der Waals surface area (Å²) in [5, 5.41) is 0. The summed E-state index contributed by atoms with van der Waals surface area (Å²) in [5.41, 5.74) is 1.02. The van der Waals surface area contributed by atoms with Gasteiger partial charge in [0.15, 0.2) is 0 Å². The number of hydrogen-bond acceptors (Lipinski definition) is 4. The standard InChI is InChI=1S/C22H25NO4/c24-19(13-22-10-14-7-15(11-22)9-16(8-14)12-22)27-6-5-23-20(25)17-3-1-2-4-18(17)21(23)26/h1-4,14-16H,5-13H2. The van der Waals surface area contributed by atoms with Crippen LogP contribution in [0.2, 0.25) is 0 Å². The van der Waals surface area contributed by atoms with Gasteiger partial charge >= 0.3 is 5.97 Å². The van der Waals surface area contributed by atoms with Crippen LogP contribution >= 0.6 is 0 Å². The van der Waals surface area contributed by atoms with E-state index >= 15 is 0 Å². The molecule has 0 spiro atoms. The zero-order valence-electron chi connectivity index (χ0n) is 15.5. The summed E-state index contributed by atoms with van der Waals surface area (Å²) in [5.74, 6) is 1.65. The van der Waals surface area contributed by atoms with Crippen molar-refractivity contribution < 1.29 is 19.1 Å². The fourth-order valence-corrected chi connectivity index (χ4v) is 6.56. The summed E-state index contributed by atoms with van der Waals surface area (Å²) in [7, 11) is 0. The molecule has 4 fully saturated rings. The van der Waals surface area contributed by atoms with Crippen LogP contribution in [0.5, 0.6) is 0 Å². The van der Waals surface area contributed by atoms with Gasteiger partial charge in [-0.1, -0.05) is 12.1 Å². The zero-order valence-corrected chi connectivity index (χ0v) is 15.5. The Morgan fingerprint density at radius 3 is 2.00 bits per heavy atom. The Morgan fingerprint density at radius 1 is 0.963 bits per heavy atom. The highest BCUT2D eigenvalue weighted by atomic mass is 16.5. The second-order valence-corrected chi connectivity index (χ2v) is 9.12. The summed E-state index contributed by atoms with van der Waals surface area (Å²) in [4.78, 5) is 38.3. The van der Waals surface area contributed by atoms with Crippen molar-refractivity contribution in [3.63, 3.8) is 0 Å². The molecule has 1 aromatic carbocycles. The molecule has 1 aliphatic heterocycles. The Hall–Kier alpha value is -2.17. The number of carbonyl (C=O) groups excluding carboxylic acids is 3. The van der Waals surface area contributed by atoms with Gasteiger partial charge in [-0.25, -0.2) is 0 Å². The first-order chi connectivity index (χ1) is 13.0. The number of hydrogen-bond donors (Lipinski definition) is 0. The Balaban J connectivity index is 1.16. The van der Waals surface area contributed by atoms with Crippen molar-refractivity contribution in [1.82, 2.24) is 4.90 Å². The molecule has 0 radical (unpaired) electrons. The van der Waals surface area contributed by atoms with Crippen LogP contribution in [-0.4, -0.2) is 35.8 Å². The van der Waals surface area contributed by atoms with Gasteiger partial charge in [0.25, 0.3) is 11.8 Å². The molecule has 27 heavy (non-hydrogen) atoms. The molecule has 2 amide bonds. The van der Waals surface area contributed by atoms with Gasteiger partial charge in [0.2, 0.25) is 0 Å². The largest absolute Gasteiger partial charge is 0.464 e. The third-order valence-corrected chi connectivity index (χ3v) is 7.14. The second kappa shape index (κ2) is 6.18. The molecule has 5 nitrogen and oxygen atoms in total. The Bertz CT molecular complexity index is 744. The van der Waals surface area contributed by atoms with Gasteiger partial charge in [-0.2, -0.15) is 0 Å². The average molecular weight is 367 g/mol. The molecule has 0 aromatic heterocycles. The summed E-state index contributed by atoms with van der Waals surface area (Å²) in [6.45, 7) is 0.204. The molecule has 1 aromatic rings. The molecule has 4 bridgehead atoms. The molecule has 0 N–H and O–H groups in total. The van der Waals surface area contributed by atoms with E-state index in [1.54, 1.807) is 24.3 Å². The Kier molecular flexibility index (Phi) is 3.88. The highest BCUT2D eigenvalue weighted by Crippen LogP contribution is 2.61. The van der Waals surface area contributed by atoms with Gasteiger partial charge in [-0.3, -0.25) is 19.3 Å². The van der Waals surface area contributed by atoms with Crippen LogP contribution in [0.15, 0.2) is 24.3 Å². The zero-order chi connectivity index (χ0) is 18.6. The number of nitrogens with zero attached hydrogens (tertiary/aromatic N) is 1. The van der Waals surface area contributed by atoms with Gasteiger partial charge in [0.05, 0.1) is 24.1 Å². The number of rotatable bonds is 5. The molecule has 5 aliphatic rings. The van der Waals surface area contributed by atoms with E-state index in [0.717, 1.165) is 17.8 Å². The monoisotopic (exact) mass is 367 g/mol. The molecule has 1 heterocycles. The van der Waals surface area contributed by atoms with Crippen molar-refractivity contribution >= 4 is 17.8 Å². The van der Waals surface area contributed by atoms with E-state index in [1.165, 1.54) is 43.4 Å². The lowest BCUT2D eigenvalue weighted by Crippen LogP contribution is -2.47. The Labute approximate surface area is 159 Å². The lowest BCUT2D eigenvalue weighted by Gasteiger charge is -2.56. The predicted octanol–water partition coefficient (Wildman–Crippen LogP) is 3.43. The van der Waals surface area contributed by atoms with Crippen molar-refractivity contribution in [2.45, 2.75) is 44.9 Å². The van der Waals surface area contributed by atoms with Crippen molar-refractivity contribution in [1.29, 1.82) is 0 Å². The molecule has 0 atom stereocenters. The van der Waals surface area contributed by atoms with E-state index in [4.69, 9.17) is 4.74 Å². The van der Waals surface area contributed by atoms with E-state index in [9.17, 15) is 14.4 Å². The first-order valence-corrected chi connectivity index (χ1v) is 10.1. The van der Waals surface area contributed by atoms with Crippen LogP contribution in [0.4, 0.5) is 0 Å². The summed E-state index contributed by atoms with van der Waals surface area (Å²) in [6, 6.07) is 6.82. The van der Waals surface area contributed by atoms with Crippen molar-refractivity contribution in [3.05, 3.63) is 35.4 Å². The first-order valence-electron chi connectivity index (χ1n) is 10.1. The first kappa shape index (κ1) is 17.0. The summed E-state index contributed by atoms with van der Waals surface area (Å²) in [6.07, 6.45) is 8.08. The highest BCUT2D eigenvalue weighted by Gasteiger charge is 2.51. The molecule has 6 rings (SSSR count). The molecule has 4 saturated carbocycles. The normalized spacial score (nSPS) is 33.5. The fraction of sp³-hybridized carbons (Fsp3) is 0.591. The maximum Gasteiger partial charge on any atom is 0.306 e. The number of imide groups is 1. The van der Waals surface area contributed by atoms with Crippen LogP contribution in [0.1, 0.15) is 65.7 Å². The smallest absolute Gasteiger partial charge is 0.306 e. The van der Waals surface area contributed by atoms with Crippen LogP contribution in [0.3, 0.4) is 0 Å². The van der Waals surface area contributed by atoms with Crippen LogP contribution in [0, 0.1) is 23.2 Å². The minimum absolute atomic E-state index is 0.0800. The third-order valence-electron chi connectivity index (χ3n) is 7.14. The van der Waals surface area contributed by atoms with Gasteiger partial charge in [-0.05, 0) is 73.8 Å². The van der Waals surface area contributed by atoms with Crippen molar-refractivity contribution in [2.24, 2.45) is 23.2 Å². The van der Waals surface area contributed by atoms with E-state index in [0.29, 0.717) is 17.5 Å². The average Bonchev–Trinajstić information content (AvgIpc) is 2.85. The number of ether oxygens (including phenoxy) is 1. The van der Waals surface area contributed by atoms with E-state index in [2.05, 4.69) is 0 Å². The fourth-order valence-electron chi connectivity index (χ4n) is 6.56. The molecular formula is C22H25NO4. The maximum atomic E-state index is 12.5. The lowest BCUT2D eigenvalue weighted by atomic mass is 9.49. The number of fused-ring (bicyclic) bond motifs is 1. The van der Waals surface area contributed by atoms with Crippen LogP contribution < -0.4 is 0 Å². The van der Waals surface area contributed by atoms with Crippen LogP contribution in [-0.2, 0) is 9.53 Å². The van der Waals surface area contributed by atoms with Gasteiger partial charge in [-0.15, -0.1) is 0 Å². The van der Waals surface area contributed by atoms with Crippen LogP contribution in [0.25, 0.3) is 0 Å². The maximum absolute atomic E-state index is 12.5. The number of esters is 1. The van der Waals surface area contributed by atoms with E-state index < -0.39 is 0 Å². The summed E-state index contributed by atoms with van der Waals surface area (Å²) >= 11 is 0. The van der Waals surface area contributed by atoms with E-state index in [1.807, 2.05) is 0 Å². The molecule has 5 heteroatoms. The topological polar surface area (TPSA) is 63.7 Å². The summed E-state index contributed by atoms with van der Waals surface area (Å²) < 4.78 is 5.45. The SMILES string of the molecule is O=C(CC12CC3CC(CC(C3)C1)C2)OCCN1C(=O)c2ccccc2C1=O. The number of amides is 2. The van der Waals surface area contributed by atoms with Gasteiger partial charge in [0.1, 0.15) is 6.61 Å². The quantitative estimate of drug-likeness (QED) is 0.591. The third kappa shape index (κ3) is 2.88. The van der Waals surface area contributed by atoms with Crippen molar-refractivity contribution in [3.8, 4) is 0 Å². The van der Waals surface area contributed by atoms with Gasteiger partial charge < -0.3 is 4.74 Å². The second-order valence-electron chi connectivity index (χ2n) is 9.12. The Morgan fingerprint density at radius 2 is 1.48 bits per heavy atom.